The van der Waals surface area contributed by atoms with Crippen LogP contribution in [0.3, 0.4) is 0 Å². The molecule has 1 fully saturated rings. The zero-order chi connectivity index (χ0) is 17.8. The Hall–Kier alpha value is -2.73. The molecule has 1 amide bonds. The molecular formula is C19H23N3O3. The van der Waals surface area contributed by atoms with Crippen LogP contribution in [-0.4, -0.2) is 54.1 Å². The van der Waals surface area contributed by atoms with Gasteiger partial charge in [-0.3, -0.25) is 9.69 Å². The predicted octanol–water partition coefficient (Wildman–Crippen LogP) is 1.94. The number of hydrogen-bond acceptors (Lipinski definition) is 5. The Kier molecular flexibility index (Phi) is 5.09. The number of anilines is 1. The maximum absolute atomic E-state index is 12.5. The minimum Gasteiger partial charge on any atom is -0.504 e. The molecule has 0 spiro atoms. The third kappa shape index (κ3) is 4.03. The molecular weight excluding hydrogens is 318 g/mol. The average molecular weight is 341 g/mol. The van der Waals surface area contributed by atoms with Gasteiger partial charge in [0.15, 0.2) is 11.5 Å². The van der Waals surface area contributed by atoms with Crippen LogP contribution in [0, 0.1) is 0 Å². The SMILES string of the molecule is COc1cc(CN2CCN(C(=O)c3ccc(N)cc3)CC2)ccc1O. The van der Waals surface area contributed by atoms with Crippen molar-refractivity contribution in [1.82, 2.24) is 9.80 Å². The second-order valence-corrected chi connectivity index (χ2v) is 6.20. The van der Waals surface area contributed by atoms with Crippen LogP contribution < -0.4 is 10.5 Å². The van der Waals surface area contributed by atoms with Gasteiger partial charge >= 0.3 is 0 Å². The maximum Gasteiger partial charge on any atom is 0.253 e. The highest BCUT2D eigenvalue weighted by Crippen LogP contribution is 2.27. The Labute approximate surface area is 147 Å². The number of hydrogen-bond donors (Lipinski definition) is 2. The highest BCUT2D eigenvalue weighted by Gasteiger charge is 2.22. The van der Waals surface area contributed by atoms with Crippen molar-refractivity contribution in [2.24, 2.45) is 0 Å². The number of amides is 1. The van der Waals surface area contributed by atoms with Crippen LogP contribution in [0.5, 0.6) is 11.5 Å². The summed E-state index contributed by atoms with van der Waals surface area (Å²) in [5.74, 6) is 0.672. The minimum absolute atomic E-state index is 0.0472. The van der Waals surface area contributed by atoms with Crippen molar-refractivity contribution in [1.29, 1.82) is 0 Å². The third-order valence-electron chi connectivity index (χ3n) is 4.47. The fraction of sp³-hybridized carbons (Fsp3) is 0.316. The number of benzene rings is 2. The van der Waals surface area contributed by atoms with Gasteiger partial charge in [-0.05, 0) is 42.0 Å². The molecule has 1 aliphatic heterocycles. The Balaban J connectivity index is 1.56. The van der Waals surface area contributed by atoms with E-state index in [0.29, 0.717) is 30.1 Å². The second kappa shape index (κ2) is 7.44. The third-order valence-corrected chi connectivity index (χ3v) is 4.47. The lowest BCUT2D eigenvalue weighted by atomic mass is 10.1. The Morgan fingerprint density at radius 1 is 1.12 bits per heavy atom. The summed E-state index contributed by atoms with van der Waals surface area (Å²) in [6, 6.07) is 12.4. The first kappa shape index (κ1) is 17.1. The number of rotatable bonds is 4. The van der Waals surface area contributed by atoms with E-state index in [9.17, 15) is 9.90 Å². The van der Waals surface area contributed by atoms with E-state index >= 15 is 0 Å². The molecule has 0 saturated carbocycles. The summed E-state index contributed by atoms with van der Waals surface area (Å²) >= 11 is 0. The van der Waals surface area contributed by atoms with Gasteiger partial charge in [0.1, 0.15) is 0 Å². The smallest absolute Gasteiger partial charge is 0.253 e. The number of carbonyl (C=O) groups excluding carboxylic acids is 1. The molecule has 3 N–H and O–H groups in total. The second-order valence-electron chi connectivity index (χ2n) is 6.20. The quantitative estimate of drug-likeness (QED) is 0.831. The number of phenolic OH excluding ortho intramolecular Hbond substituents is 1. The molecule has 0 bridgehead atoms. The summed E-state index contributed by atoms with van der Waals surface area (Å²) in [5, 5.41) is 9.67. The molecule has 0 aliphatic carbocycles. The fourth-order valence-corrected chi connectivity index (χ4v) is 3.00. The number of ether oxygens (including phenoxy) is 1. The minimum atomic E-state index is 0.0472. The molecule has 25 heavy (non-hydrogen) atoms. The number of nitrogen functional groups attached to an aromatic ring is 1. The molecule has 1 saturated heterocycles. The van der Waals surface area contributed by atoms with E-state index in [2.05, 4.69) is 4.90 Å². The van der Waals surface area contributed by atoms with Gasteiger partial charge in [0, 0.05) is 44.0 Å². The molecule has 0 radical (unpaired) electrons. The van der Waals surface area contributed by atoms with Crippen LogP contribution in [0.1, 0.15) is 15.9 Å². The highest BCUT2D eigenvalue weighted by molar-refractivity contribution is 5.94. The van der Waals surface area contributed by atoms with E-state index in [1.807, 2.05) is 17.0 Å². The monoisotopic (exact) mass is 341 g/mol. The van der Waals surface area contributed by atoms with Gasteiger partial charge in [-0.2, -0.15) is 0 Å². The van der Waals surface area contributed by atoms with Crippen molar-refractivity contribution in [3.05, 3.63) is 53.6 Å². The van der Waals surface area contributed by atoms with E-state index in [-0.39, 0.29) is 11.7 Å². The maximum atomic E-state index is 12.5. The van der Waals surface area contributed by atoms with Crippen LogP contribution in [0.25, 0.3) is 0 Å². The topological polar surface area (TPSA) is 79.0 Å². The average Bonchev–Trinajstić information content (AvgIpc) is 2.64. The van der Waals surface area contributed by atoms with E-state index in [4.69, 9.17) is 10.5 Å². The van der Waals surface area contributed by atoms with Gasteiger partial charge in [-0.15, -0.1) is 0 Å². The van der Waals surface area contributed by atoms with E-state index < -0.39 is 0 Å². The van der Waals surface area contributed by atoms with Crippen LogP contribution in [0.2, 0.25) is 0 Å². The first-order chi connectivity index (χ1) is 12.1. The zero-order valence-electron chi connectivity index (χ0n) is 14.3. The molecule has 0 unspecified atom stereocenters. The summed E-state index contributed by atoms with van der Waals surface area (Å²) in [5.41, 5.74) is 8.08. The normalized spacial score (nSPS) is 15.2. The molecule has 6 nitrogen and oxygen atoms in total. The number of phenols is 1. The largest absolute Gasteiger partial charge is 0.504 e. The molecule has 3 rings (SSSR count). The number of methoxy groups -OCH3 is 1. The fourth-order valence-electron chi connectivity index (χ4n) is 3.00. The van der Waals surface area contributed by atoms with Gasteiger partial charge in [0.25, 0.3) is 5.91 Å². The first-order valence-corrected chi connectivity index (χ1v) is 8.30. The lowest BCUT2D eigenvalue weighted by Crippen LogP contribution is -2.48. The summed E-state index contributed by atoms with van der Waals surface area (Å²) in [6.45, 7) is 3.77. The van der Waals surface area contributed by atoms with Gasteiger partial charge in [0.2, 0.25) is 0 Å². The van der Waals surface area contributed by atoms with Crippen molar-refractivity contribution in [3.63, 3.8) is 0 Å². The predicted molar refractivity (Wildman–Crippen MR) is 96.7 cm³/mol. The van der Waals surface area contributed by atoms with Crippen LogP contribution >= 0.6 is 0 Å². The van der Waals surface area contributed by atoms with Crippen molar-refractivity contribution in [2.75, 3.05) is 39.0 Å². The molecule has 0 aromatic heterocycles. The number of nitrogens with two attached hydrogens (primary N) is 1. The first-order valence-electron chi connectivity index (χ1n) is 8.30. The van der Waals surface area contributed by atoms with Crippen molar-refractivity contribution in [3.8, 4) is 11.5 Å². The molecule has 0 atom stereocenters. The van der Waals surface area contributed by atoms with Gasteiger partial charge in [0.05, 0.1) is 7.11 Å². The van der Waals surface area contributed by atoms with E-state index in [1.165, 1.54) is 0 Å². The van der Waals surface area contributed by atoms with Crippen molar-refractivity contribution in [2.45, 2.75) is 6.54 Å². The standard InChI is InChI=1S/C19H23N3O3/c1-25-18-12-14(2-7-17(18)23)13-21-8-10-22(11-9-21)19(24)15-3-5-16(20)6-4-15/h2-7,12,23H,8-11,13,20H2,1H3. The van der Waals surface area contributed by atoms with Crippen LogP contribution in [0.4, 0.5) is 5.69 Å². The number of aromatic hydroxyl groups is 1. The van der Waals surface area contributed by atoms with E-state index in [1.54, 1.807) is 37.4 Å². The summed E-state index contributed by atoms with van der Waals surface area (Å²) in [7, 11) is 1.54. The van der Waals surface area contributed by atoms with Gasteiger partial charge in [-0.25, -0.2) is 0 Å². The van der Waals surface area contributed by atoms with Crippen molar-refractivity contribution >= 4 is 11.6 Å². The Morgan fingerprint density at radius 3 is 2.44 bits per heavy atom. The summed E-state index contributed by atoms with van der Waals surface area (Å²) in [4.78, 5) is 16.7. The Morgan fingerprint density at radius 2 is 1.80 bits per heavy atom. The lowest BCUT2D eigenvalue weighted by Gasteiger charge is -2.34. The Bertz CT molecular complexity index is 738. The number of nitrogens with zero attached hydrogens (tertiary/aromatic N) is 2. The number of piperazine rings is 1. The zero-order valence-corrected chi connectivity index (χ0v) is 14.3. The molecule has 2 aromatic rings. The van der Waals surface area contributed by atoms with E-state index in [0.717, 1.165) is 25.2 Å². The lowest BCUT2D eigenvalue weighted by molar-refractivity contribution is 0.0628. The van der Waals surface area contributed by atoms with Gasteiger partial charge < -0.3 is 20.5 Å². The van der Waals surface area contributed by atoms with Crippen LogP contribution in [0.15, 0.2) is 42.5 Å². The van der Waals surface area contributed by atoms with Crippen molar-refractivity contribution < 1.29 is 14.6 Å². The molecule has 1 aliphatic rings. The highest BCUT2D eigenvalue weighted by atomic mass is 16.5. The number of carbonyl (C=O) groups is 1. The summed E-state index contributed by atoms with van der Waals surface area (Å²) < 4.78 is 5.15. The summed E-state index contributed by atoms with van der Waals surface area (Å²) in [6.07, 6.45) is 0. The van der Waals surface area contributed by atoms with Crippen LogP contribution in [-0.2, 0) is 6.54 Å². The molecule has 2 aromatic carbocycles. The molecule has 1 heterocycles. The molecule has 132 valence electrons. The van der Waals surface area contributed by atoms with Gasteiger partial charge in [-0.1, -0.05) is 6.07 Å². The molecule has 6 heteroatoms.